The molecule has 0 heterocycles. The molecule has 0 aliphatic heterocycles. The number of fused-ring (bicyclic) bond motifs is 3. The number of anilines is 1. The zero-order valence-corrected chi connectivity index (χ0v) is 46.4. The predicted molar refractivity (Wildman–Crippen MR) is 285 cm³/mol. The standard InChI is InChI=1S/C43H31N9O16S4.3O3S/c44-38-37-24(7-13-33(43(37)56)49-45-26-9-10-29-22(15-26)6-12-32(41(29)54)50-48-31-11-4-21(20-53)14-34(31)70(60,61)62)17-35(71(63,64)65)39(38)51-47-27-8-5-23-16-36(72(66,67)68)40(42(55)30(23)19-27)52-46-25-2-1-3-28(18-25)69(57,58)59;3*1-4(2)3/h1-19,53-56H,20,44H2,(H,57,58,59)(H,60,61,62)(H,63,64,65)(H,66,67,68);;;. The first kappa shape index (κ1) is 65.4. The van der Waals surface area contributed by atoms with E-state index in [1.807, 2.05) is 0 Å². The van der Waals surface area contributed by atoms with Gasteiger partial charge in [-0.2, -0.15) is 49.0 Å². The minimum Gasteiger partial charge on any atom is -0.505 e. The molecule has 8 aromatic rings. The first-order valence-corrected chi connectivity index (χ1v) is 30.1. The molecule has 8 aromatic carbocycles. The van der Waals surface area contributed by atoms with E-state index in [0.717, 1.165) is 36.4 Å². The number of rotatable bonds is 13. The van der Waals surface area contributed by atoms with Crippen LogP contribution in [0.15, 0.2) is 176 Å². The Balaban J connectivity index is 0.000000982. The van der Waals surface area contributed by atoms with Gasteiger partial charge in [0.15, 0.2) is 17.2 Å². The summed E-state index contributed by atoms with van der Waals surface area (Å²) in [6.45, 7) is -0.505. The summed E-state index contributed by atoms with van der Waals surface area (Å²) in [6, 6.07) is 23.4. The van der Waals surface area contributed by atoms with Crippen molar-refractivity contribution in [3.8, 4) is 17.2 Å². The van der Waals surface area contributed by atoms with E-state index in [1.165, 1.54) is 78.9 Å². The van der Waals surface area contributed by atoms with Crippen LogP contribution in [0.5, 0.6) is 17.2 Å². The van der Waals surface area contributed by atoms with Crippen molar-refractivity contribution in [1.82, 2.24) is 0 Å². The van der Waals surface area contributed by atoms with Crippen LogP contribution in [0.1, 0.15) is 5.56 Å². The van der Waals surface area contributed by atoms with E-state index in [2.05, 4.69) is 40.9 Å². The van der Waals surface area contributed by atoms with E-state index in [-0.39, 0.29) is 72.4 Å². The first-order chi connectivity index (χ1) is 39.0. The third kappa shape index (κ3) is 17.1. The van der Waals surface area contributed by atoms with Gasteiger partial charge < -0.3 is 26.2 Å². The van der Waals surface area contributed by atoms with Crippen molar-refractivity contribution in [2.75, 3.05) is 5.73 Å². The van der Waals surface area contributed by atoms with E-state index in [1.54, 1.807) is 0 Å². The monoisotopic (exact) mass is 1300 g/mol. The number of aliphatic hydroxyl groups is 1. The predicted octanol–water partition coefficient (Wildman–Crippen LogP) is 6.97. The van der Waals surface area contributed by atoms with Gasteiger partial charge in [0.05, 0.1) is 39.6 Å². The van der Waals surface area contributed by atoms with Crippen LogP contribution < -0.4 is 5.73 Å². The van der Waals surface area contributed by atoms with Crippen LogP contribution in [-0.4, -0.2) is 110 Å². The Morgan fingerprint density at radius 1 is 0.393 bits per heavy atom. The Morgan fingerprint density at radius 2 is 0.833 bits per heavy atom. The molecule has 0 spiro atoms. The Labute approximate surface area is 474 Å². The zero-order chi connectivity index (χ0) is 62.8. The van der Waals surface area contributed by atoms with E-state index < -0.39 is 127 Å². The maximum Gasteiger partial charge on any atom is 0.425 e. The summed E-state index contributed by atoms with van der Waals surface area (Å²) in [5, 5.41) is 74.8. The molecule has 34 nitrogen and oxygen atoms in total. The molecule has 0 amide bonds. The van der Waals surface area contributed by atoms with Gasteiger partial charge in [-0.3, -0.25) is 18.2 Å². The lowest BCUT2D eigenvalue weighted by atomic mass is 10.1. The molecule has 0 bridgehead atoms. The van der Waals surface area contributed by atoms with Crippen LogP contribution >= 0.6 is 0 Å². The minimum atomic E-state index is -5.09. The Morgan fingerprint density at radius 3 is 1.40 bits per heavy atom. The second kappa shape index (κ2) is 26.7. The van der Waals surface area contributed by atoms with Crippen LogP contribution in [0.25, 0.3) is 32.3 Å². The molecule has 84 heavy (non-hydrogen) atoms. The molecule has 0 atom stereocenters. The maximum absolute atomic E-state index is 12.6. The summed E-state index contributed by atoms with van der Waals surface area (Å²) in [5.41, 5.74) is 3.97. The van der Waals surface area contributed by atoms with Gasteiger partial charge in [-0.1, -0.05) is 30.3 Å². The maximum atomic E-state index is 12.6. The fourth-order valence-corrected chi connectivity index (χ4v) is 9.57. The molecule has 440 valence electrons. The van der Waals surface area contributed by atoms with Crippen molar-refractivity contribution in [3.05, 3.63) is 121 Å². The van der Waals surface area contributed by atoms with E-state index in [0.29, 0.717) is 5.39 Å². The number of azo groups is 4. The summed E-state index contributed by atoms with van der Waals surface area (Å²) in [5.74, 6) is -1.84. The van der Waals surface area contributed by atoms with Gasteiger partial charge in [0.25, 0.3) is 40.5 Å². The number of hydrogen-bond donors (Lipinski definition) is 9. The van der Waals surface area contributed by atoms with E-state index >= 15 is 0 Å². The summed E-state index contributed by atoms with van der Waals surface area (Å²) in [6.07, 6.45) is 0. The van der Waals surface area contributed by atoms with Crippen LogP contribution in [0.2, 0.25) is 0 Å². The third-order valence-electron chi connectivity index (χ3n) is 10.4. The number of nitrogen functional groups attached to an aromatic ring is 1. The molecule has 41 heteroatoms. The highest BCUT2D eigenvalue weighted by Gasteiger charge is 2.25. The molecule has 0 saturated heterocycles. The van der Waals surface area contributed by atoms with Crippen LogP contribution in [-0.2, 0) is 78.9 Å². The average Bonchev–Trinajstić information content (AvgIpc) is 1.19. The fourth-order valence-electron chi connectivity index (χ4n) is 7.04. The molecular weight excluding hydrogens is 1270 g/mol. The Hall–Kier alpha value is -9.40. The molecule has 0 aliphatic rings. The van der Waals surface area contributed by atoms with Gasteiger partial charge in [0.1, 0.15) is 43.1 Å². The van der Waals surface area contributed by atoms with Gasteiger partial charge in [-0.25, -0.2) is 0 Å². The molecule has 0 unspecified atom stereocenters. The molecule has 0 aromatic heterocycles. The number of benzene rings is 8. The number of nitrogens with two attached hydrogens (primary N) is 1. The minimum absolute atomic E-state index is 0.000210. The Kier molecular flexibility index (Phi) is 20.8. The SMILES string of the molecule is Nc1c(N=Nc2ccc3cc(S(=O)(=O)O)c(N=Nc4cccc(S(=O)(=O)O)c4)c(O)c3c2)c(S(=O)(=O)O)cc2ccc(N=Nc3ccc4c(O)c(N=Nc5ccc(CO)cc5S(=O)(=O)O)ccc4c3)c(O)c12.O=S(=O)=O.O=S(=O)=O.O=S(=O)=O. The lowest BCUT2D eigenvalue weighted by molar-refractivity contribution is 0.281. The number of phenolic OH excluding ortho intramolecular Hbond substituents is 3. The number of hydrogen-bond acceptors (Lipinski definition) is 30. The van der Waals surface area contributed by atoms with Gasteiger partial charge >= 0.3 is 31.8 Å². The summed E-state index contributed by atoms with van der Waals surface area (Å²) >= 11 is 0. The molecule has 0 fully saturated rings. The van der Waals surface area contributed by atoms with E-state index in [9.17, 15) is 72.3 Å². The van der Waals surface area contributed by atoms with Crippen LogP contribution in [0.4, 0.5) is 51.2 Å². The van der Waals surface area contributed by atoms with Gasteiger partial charge in [0.2, 0.25) is 0 Å². The molecular formula is C43H31N9O25S7. The van der Waals surface area contributed by atoms with Gasteiger partial charge in [-0.05, 0) is 107 Å². The topological polar surface area (TPSA) is 577 Å². The smallest absolute Gasteiger partial charge is 0.425 e. The molecule has 0 aliphatic carbocycles. The fraction of sp³-hybridized carbons (Fsp3) is 0.0233. The number of phenols is 3. The van der Waals surface area contributed by atoms with Crippen LogP contribution in [0.3, 0.4) is 0 Å². The number of nitrogens with zero attached hydrogens (tertiary/aromatic N) is 8. The molecule has 10 N–H and O–H groups in total. The van der Waals surface area contributed by atoms with Crippen molar-refractivity contribution in [1.29, 1.82) is 0 Å². The van der Waals surface area contributed by atoms with Crippen molar-refractivity contribution >= 4 is 156 Å². The lowest BCUT2D eigenvalue weighted by Crippen LogP contribution is -2.01. The first-order valence-electron chi connectivity index (χ1n) is 21.4. The second-order valence-electron chi connectivity index (χ2n) is 15.8. The van der Waals surface area contributed by atoms with Crippen molar-refractivity contribution in [3.63, 3.8) is 0 Å². The summed E-state index contributed by atoms with van der Waals surface area (Å²) in [4.78, 5) is -2.93. The van der Waals surface area contributed by atoms with E-state index in [4.69, 9.17) is 43.6 Å². The normalized spacial score (nSPS) is 12.0. The Bertz CT molecular complexity index is 4890. The summed E-state index contributed by atoms with van der Waals surface area (Å²) in [7, 11) is -28.9. The average molecular weight is 1300 g/mol. The highest BCUT2D eigenvalue weighted by atomic mass is 32.2. The number of aliphatic hydroxyl groups excluding tert-OH is 1. The van der Waals surface area contributed by atoms with Gasteiger partial charge in [0, 0.05) is 10.8 Å². The summed E-state index contributed by atoms with van der Waals surface area (Å²) < 4.78 is 212. The largest absolute Gasteiger partial charge is 0.505 e. The highest BCUT2D eigenvalue weighted by Crippen LogP contribution is 2.47. The zero-order valence-electron chi connectivity index (χ0n) is 40.7. The van der Waals surface area contributed by atoms with Crippen molar-refractivity contribution in [2.45, 2.75) is 26.2 Å². The third-order valence-corrected chi connectivity index (χ3v) is 13.9. The van der Waals surface area contributed by atoms with Crippen molar-refractivity contribution in [2.24, 2.45) is 40.9 Å². The lowest BCUT2D eigenvalue weighted by Gasteiger charge is -2.12. The second-order valence-corrected chi connectivity index (χ2v) is 22.6. The molecule has 0 radical (unpaired) electrons. The highest BCUT2D eigenvalue weighted by molar-refractivity contribution is 7.86. The van der Waals surface area contributed by atoms with Gasteiger partial charge in [-0.15, -0.1) is 63.5 Å². The van der Waals surface area contributed by atoms with Crippen LogP contribution in [0, 0.1) is 0 Å². The molecule has 8 rings (SSSR count). The number of aromatic hydroxyl groups is 3. The van der Waals surface area contributed by atoms with Crippen molar-refractivity contribution < 1.29 is 110 Å². The quantitative estimate of drug-likeness (QED) is 0.0319. The molecule has 0 saturated carbocycles.